The maximum Gasteiger partial charge on any atom is 0.269 e. The molecule has 8 nitrogen and oxygen atoms in total. The van der Waals surface area contributed by atoms with Crippen LogP contribution in [-0.2, 0) is 4.79 Å². The molecule has 0 spiro atoms. The van der Waals surface area contributed by atoms with E-state index in [0.717, 1.165) is 5.56 Å². The number of hydrogen-bond acceptors (Lipinski definition) is 6. The standard InChI is InChI=1S/C21H18N4O4/c1-13-7-6-10-25-18(13)24-20(29-17-9-5-4-8-16(17)28-3)15(21(25)27)11-14(12-22)19(26)23-2/h4-11H,1-3H3,(H,23,26). The number of carbonyl (C=O) groups excluding carboxylic acids is 1. The van der Waals surface area contributed by atoms with E-state index in [1.54, 1.807) is 42.6 Å². The number of ether oxygens (including phenoxy) is 2. The Hall–Kier alpha value is -4.12. The molecule has 1 amide bonds. The van der Waals surface area contributed by atoms with Gasteiger partial charge in [0, 0.05) is 13.2 Å². The van der Waals surface area contributed by atoms with E-state index in [1.807, 2.05) is 13.0 Å². The molecule has 146 valence electrons. The van der Waals surface area contributed by atoms with Gasteiger partial charge in [0.05, 0.1) is 7.11 Å². The molecule has 0 fully saturated rings. The molecule has 2 heterocycles. The highest BCUT2D eigenvalue weighted by atomic mass is 16.5. The summed E-state index contributed by atoms with van der Waals surface area (Å²) in [5.74, 6) is 0.129. The van der Waals surface area contributed by atoms with Crippen LogP contribution in [0.3, 0.4) is 0 Å². The summed E-state index contributed by atoms with van der Waals surface area (Å²) in [5.41, 5.74) is 0.415. The van der Waals surface area contributed by atoms with Crippen molar-refractivity contribution in [3.05, 3.63) is 69.6 Å². The summed E-state index contributed by atoms with van der Waals surface area (Å²) in [4.78, 5) is 29.6. The maximum absolute atomic E-state index is 13.1. The Morgan fingerprint density at radius 1 is 1.24 bits per heavy atom. The van der Waals surface area contributed by atoms with E-state index in [2.05, 4.69) is 10.3 Å². The highest BCUT2D eigenvalue weighted by Crippen LogP contribution is 2.32. The van der Waals surface area contributed by atoms with Gasteiger partial charge < -0.3 is 14.8 Å². The molecule has 1 N–H and O–H groups in total. The third kappa shape index (κ3) is 3.80. The summed E-state index contributed by atoms with van der Waals surface area (Å²) in [5, 5.41) is 11.7. The quantitative estimate of drug-likeness (QED) is 0.530. The average molecular weight is 390 g/mol. The second kappa shape index (κ2) is 8.27. The van der Waals surface area contributed by atoms with Gasteiger partial charge in [0.1, 0.15) is 22.9 Å². The van der Waals surface area contributed by atoms with E-state index < -0.39 is 11.5 Å². The van der Waals surface area contributed by atoms with Crippen LogP contribution in [0.5, 0.6) is 17.4 Å². The minimum atomic E-state index is -0.621. The number of methoxy groups -OCH3 is 1. The molecule has 0 atom stereocenters. The van der Waals surface area contributed by atoms with Crippen molar-refractivity contribution in [1.82, 2.24) is 14.7 Å². The van der Waals surface area contributed by atoms with Crippen LogP contribution in [0.15, 0.2) is 53.0 Å². The second-order valence-electron chi connectivity index (χ2n) is 6.02. The van der Waals surface area contributed by atoms with Crippen molar-refractivity contribution < 1.29 is 14.3 Å². The molecule has 0 saturated carbocycles. The van der Waals surface area contributed by atoms with E-state index >= 15 is 0 Å². The molecule has 3 aromatic rings. The lowest BCUT2D eigenvalue weighted by Crippen LogP contribution is -2.22. The third-order valence-corrected chi connectivity index (χ3v) is 4.21. The van der Waals surface area contributed by atoms with Crippen molar-refractivity contribution >= 4 is 17.6 Å². The molecule has 29 heavy (non-hydrogen) atoms. The first-order valence-electron chi connectivity index (χ1n) is 8.67. The monoisotopic (exact) mass is 390 g/mol. The molecule has 0 unspecified atom stereocenters. The Kier molecular flexibility index (Phi) is 5.60. The maximum atomic E-state index is 13.1. The Morgan fingerprint density at radius 2 is 1.97 bits per heavy atom. The molecular formula is C21H18N4O4. The topological polar surface area (TPSA) is 106 Å². The Labute approximate surface area is 166 Å². The first-order chi connectivity index (χ1) is 14.0. The lowest BCUT2D eigenvalue weighted by atomic mass is 10.1. The Bertz CT molecular complexity index is 1220. The second-order valence-corrected chi connectivity index (χ2v) is 6.02. The van der Waals surface area contributed by atoms with E-state index in [-0.39, 0.29) is 17.0 Å². The van der Waals surface area contributed by atoms with Crippen molar-refractivity contribution in [3.8, 4) is 23.4 Å². The smallest absolute Gasteiger partial charge is 0.269 e. The number of carbonyl (C=O) groups is 1. The fraction of sp³-hybridized carbons (Fsp3) is 0.143. The molecule has 0 bridgehead atoms. The van der Waals surface area contributed by atoms with Crippen LogP contribution in [0.2, 0.25) is 0 Å². The summed E-state index contributed by atoms with van der Waals surface area (Å²) < 4.78 is 12.5. The number of fused-ring (bicyclic) bond motifs is 1. The molecule has 1 aromatic carbocycles. The third-order valence-electron chi connectivity index (χ3n) is 4.21. The number of nitrogens with one attached hydrogen (secondary N) is 1. The number of amides is 1. The number of para-hydroxylation sites is 2. The normalized spacial score (nSPS) is 11.0. The lowest BCUT2D eigenvalue weighted by molar-refractivity contribution is -0.116. The zero-order valence-electron chi connectivity index (χ0n) is 16.1. The van der Waals surface area contributed by atoms with Gasteiger partial charge >= 0.3 is 0 Å². The predicted octanol–water partition coefficient (Wildman–Crippen LogP) is 2.46. The van der Waals surface area contributed by atoms with Crippen LogP contribution in [0, 0.1) is 18.3 Å². The number of rotatable bonds is 5. The fourth-order valence-corrected chi connectivity index (χ4v) is 2.73. The number of aryl methyl sites for hydroxylation is 1. The van der Waals surface area contributed by atoms with Crippen molar-refractivity contribution in [1.29, 1.82) is 5.26 Å². The van der Waals surface area contributed by atoms with Gasteiger partial charge in [-0.2, -0.15) is 10.2 Å². The SMILES string of the molecule is CNC(=O)C(C#N)=Cc1c(Oc2ccccc2OC)nc2c(C)cccn2c1=O. The highest BCUT2D eigenvalue weighted by Gasteiger charge is 2.18. The van der Waals surface area contributed by atoms with Gasteiger partial charge in [0.25, 0.3) is 11.5 Å². The Balaban J connectivity index is 2.30. The first-order valence-corrected chi connectivity index (χ1v) is 8.67. The van der Waals surface area contributed by atoms with Crippen LogP contribution in [0.4, 0.5) is 0 Å². The van der Waals surface area contributed by atoms with Crippen molar-refractivity contribution in [2.45, 2.75) is 6.92 Å². The minimum Gasteiger partial charge on any atom is -0.493 e. The summed E-state index contributed by atoms with van der Waals surface area (Å²) >= 11 is 0. The van der Waals surface area contributed by atoms with E-state index in [9.17, 15) is 14.9 Å². The van der Waals surface area contributed by atoms with Crippen LogP contribution >= 0.6 is 0 Å². The number of benzene rings is 1. The van der Waals surface area contributed by atoms with Gasteiger partial charge in [-0.25, -0.2) is 0 Å². The molecule has 0 aliphatic carbocycles. The summed E-state index contributed by atoms with van der Waals surface area (Å²) in [6.07, 6.45) is 2.74. The molecule has 0 radical (unpaired) electrons. The van der Waals surface area contributed by atoms with E-state index in [0.29, 0.717) is 17.1 Å². The zero-order valence-corrected chi connectivity index (χ0v) is 16.1. The van der Waals surface area contributed by atoms with Gasteiger partial charge in [-0.15, -0.1) is 0 Å². The van der Waals surface area contributed by atoms with E-state index in [4.69, 9.17) is 9.47 Å². The summed E-state index contributed by atoms with van der Waals surface area (Å²) in [6, 6.07) is 12.2. The molecule has 0 aliphatic rings. The minimum absolute atomic E-state index is 0.0286. The molecule has 3 rings (SSSR count). The van der Waals surface area contributed by atoms with Gasteiger partial charge in [0.2, 0.25) is 5.88 Å². The molecule has 0 aliphatic heterocycles. The van der Waals surface area contributed by atoms with Crippen LogP contribution in [0.1, 0.15) is 11.1 Å². The number of aromatic nitrogens is 2. The number of likely N-dealkylation sites (N-methyl/N-ethyl adjacent to an activating group) is 1. The van der Waals surface area contributed by atoms with Crippen LogP contribution in [-0.4, -0.2) is 29.4 Å². The van der Waals surface area contributed by atoms with Crippen molar-refractivity contribution in [2.75, 3.05) is 14.2 Å². The van der Waals surface area contributed by atoms with Gasteiger partial charge in [-0.1, -0.05) is 18.2 Å². The van der Waals surface area contributed by atoms with Crippen molar-refractivity contribution in [2.24, 2.45) is 0 Å². The van der Waals surface area contributed by atoms with Crippen LogP contribution in [0.25, 0.3) is 11.7 Å². The number of pyridine rings is 1. The molecular weight excluding hydrogens is 372 g/mol. The fourth-order valence-electron chi connectivity index (χ4n) is 2.73. The van der Waals surface area contributed by atoms with Gasteiger partial charge in [0.15, 0.2) is 11.5 Å². The zero-order chi connectivity index (χ0) is 21.0. The summed E-state index contributed by atoms with van der Waals surface area (Å²) in [6.45, 7) is 1.81. The molecule has 2 aromatic heterocycles. The lowest BCUT2D eigenvalue weighted by Gasteiger charge is -2.13. The van der Waals surface area contributed by atoms with Crippen LogP contribution < -0.4 is 20.3 Å². The van der Waals surface area contributed by atoms with E-state index in [1.165, 1.54) is 24.6 Å². The van der Waals surface area contributed by atoms with Gasteiger partial charge in [-0.3, -0.25) is 14.0 Å². The van der Waals surface area contributed by atoms with Crippen molar-refractivity contribution in [3.63, 3.8) is 0 Å². The number of nitrogens with zero attached hydrogens (tertiary/aromatic N) is 3. The molecule has 8 heteroatoms. The largest absolute Gasteiger partial charge is 0.493 e. The highest BCUT2D eigenvalue weighted by molar-refractivity contribution is 6.01. The predicted molar refractivity (Wildman–Crippen MR) is 107 cm³/mol. The summed E-state index contributed by atoms with van der Waals surface area (Å²) in [7, 11) is 2.89. The van der Waals surface area contributed by atoms with Gasteiger partial charge in [-0.05, 0) is 36.8 Å². The first kappa shape index (κ1) is 19.6. The Morgan fingerprint density at radius 3 is 2.62 bits per heavy atom. The average Bonchev–Trinajstić information content (AvgIpc) is 2.74. The number of nitriles is 1. The molecule has 0 saturated heterocycles. The number of hydrogen-bond donors (Lipinski definition) is 1.